The third-order valence-electron chi connectivity index (χ3n) is 3.73. The first kappa shape index (κ1) is 18.6. The quantitative estimate of drug-likeness (QED) is 0.632. The summed E-state index contributed by atoms with van der Waals surface area (Å²) in [6.07, 6.45) is 0.239. The lowest BCUT2D eigenvalue weighted by atomic mass is 10.2. The van der Waals surface area contributed by atoms with E-state index in [0.717, 1.165) is 17.4 Å². The zero-order valence-electron chi connectivity index (χ0n) is 14.3. The molecule has 0 spiro atoms. The van der Waals surface area contributed by atoms with Crippen molar-refractivity contribution in [2.45, 2.75) is 11.6 Å². The minimum Gasteiger partial charge on any atom is -0.311 e. The normalized spacial score (nSPS) is 10.4. The number of hydrogen-bond donors (Lipinski definition) is 1. The van der Waals surface area contributed by atoms with Gasteiger partial charge in [0.1, 0.15) is 5.82 Å². The molecule has 0 saturated heterocycles. The van der Waals surface area contributed by atoms with Crippen LogP contribution in [0.1, 0.15) is 6.42 Å². The van der Waals surface area contributed by atoms with Crippen LogP contribution in [0.2, 0.25) is 0 Å². The van der Waals surface area contributed by atoms with Crippen LogP contribution in [0, 0.1) is 17.1 Å². The van der Waals surface area contributed by atoms with Gasteiger partial charge in [-0.15, -0.1) is 5.10 Å². The van der Waals surface area contributed by atoms with E-state index in [2.05, 4.69) is 21.3 Å². The minimum atomic E-state index is -0.395. The number of aromatic nitrogens is 3. The van der Waals surface area contributed by atoms with Crippen molar-refractivity contribution in [1.29, 1.82) is 5.26 Å². The molecular formula is C19H16FN5OS. The van der Waals surface area contributed by atoms with Crippen LogP contribution in [-0.4, -0.2) is 33.4 Å². The molecule has 136 valence electrons. The first-order valence-corrected chi connectivity index (χ1v) is 9.20. The molecule has 0 aliphatic heterocycles. The Morgan fingerprint density at radius 1 is 1.19 bits per heavy atom. The minimum absolute atomic E-state index is 0.106. The van der Waals surface area contributed by atoms with Crippen LogP contribution in [0.3, 0.4) is 0 Å². The second kappa shape index (κ2) is 8.96. The summed E-state index contributed by atoms with van der Waals surface area (Å²) < 4.78 is 13.8. The van der Waals surface area contributed by atoms with Crippen LogP contribution >= 0.6 is 11.8 Å². The Kier molecular flexibility index (Phi) is 6.18. The Bertz CT molecular complexity index is 954. The SMILES string of the molecule is N#CCCN(C(=O)CSc1n[nH]c(-c2ccccc2F)n1)c1ccccc1. The molecule has 1 N–H and O–H groups in total. The second-order valence-electron chi connectivity index (χ2n) is 5.52. The summed E-state index contributed by atoms with van der Waals surface area (Å²) in [6.45, 7) is 0.314. The molecule has 0 bridgehead atoms. The zero-order valence-corrected chi connectivity index (χ0v) is 15.1. The fraction of sp³-hybridized carbons (Fsp3) is 0.158. The molecule has 3 aromatic rings. The number of para-hydroxylation sites is 1. The summed E-state index contributed by atoms with van der Waals surface area (Å²) in [5, 5.41) is 15.9. The molecule has 27 heavy (non-hydrogen) atoms. The number of anilines is 1. The van der Waals surface area contributed by atoms with Crippen LogP contribution < -0.4 is 4.90 Å². The molecule has 6 nitrogen and oxygen atoms in total. The number of nitrogens with zero attached hydrogens (tertiary/aromatic N) is 4. The van der Waals surface area contributed by atoms with Gasteiger partial charge in [0.25, 0.3) is 0 Å². The first-order valence-electron chi connectivity index (χ1n) is 8.21. The molecule has 2 aromatic carbocycles. The average molecular weight is 381 g/mol. The number of carbonyl (C=O) groups excluding carboxylic acids is 1. The predicted molar refractivity (Wildman–Crippen MR) is 102 cm³/mol. The largest absolute Gasteiger partial charge is 0.311 e. The van der Waals surface area contributed by atoms with Crippen LogP contribution in [0.15, 0.2) is 59.8 Å². The van der Waals surface area contributed by atoms with Crippen molar-refractivity contribution in [3.8, 4) is 17.5 Å². The number of thioether (sulfide) groups is 1. The topological polar surface area (TPSA) is 85.7 Å². The zero-order chi connectivity index (χ0) is 19.1. The van der Waals surface area contributed by atoms with E-state index in [4.69, 9.17) is 5.26 Å². The second-order valence-corrected chi connectivity index (χ2v) is 6.47. The highest BCUT2D eigenvalue weighted by atomic mass is 32.2. The lowest BCUT2D eigenvalue weighted by molar-refractivity contribution is -0.116. The fourth-order valence-electron chi connectivity index (χ4n) is 2.46. The third-order valence-corrected chi connectivity index (χ3v) is 4.57. The van der Waals surface area contributed by atoms with Crippen LogP contribution in [0.5, 0.6) is 0 Å². The number of nitriles is 1. The smallest absolute Gasteiger partial charge is 0.237 e. The van der Waals surface area contributed by atoms with Gasteiger partial charge >= 0.3 is 0 Å². The maximum atomic E-state index is 13.8. The Labute approximate surface area is 160 Å². The number of rotatable bonds is 7. The summed E-state index contributed by atoms with van der Waals surface area (Å²) in [7, 11) is 0. The van der Waals surface area contributed by atoms with Gasteiger partial charge in [0, 0.05) is 12.2 Å². The highest BCUT2D eigenvalue weighted by Gasteiger charge is 2.17. The maximum Gasteiger partial charge on any atom is 0.237 e. The molecule has 0 unspecified atom stereocenters. The number of hydrogen-bond acceptors (Lipinski definition) is 5. The van der Waals surface area contributed by atoms with Crippen molar-refractivity contribution in [2.75, 3.05) is 17.2 Å². The van der Waals surface area contributed by atoms with Gasteiger partial charge in [0.05, 0.1) is 23.8 Å². The average Bonchev–Trinajstić information content (AvgIpc) is 3.16. The van der Waals surface area contributed by atoms with Gasteiger partial charge in [-0.25, -0.2) is 9.37 Å². The Morgan fingerprint density at radius 3 is 2.67 bits per heavy atom. The van der Waals surface area contributed by atoms with Crippen molar-refractivity contribution >= 4 is 23.4 Å². The van der Waals surface area contributed by atoms with E-state index in [1.807, 2.05) is 30.3 Å². The maximum absolute atomic E-state index is 13.8. The predicted octanol–water partition coefficient (Wildman–Crippen LogP) is 3.65. The Morgan fingerprint density at radius 2 is 1.93 bits per heavy atom. The summed E-state index contributed by atoms with van der Waals surface area (Å²) in [5.74, 6) is -0.131. The Hall–Kier alpha value is -3.18. The van der Waals surface area contributed by atoms with Gasteiger partial charge in [-0.05, 0) is 24.3 Å². The van der Waals surface area contributed by atoms with Crippen molar-refractivity contribution in [2.24, 2.45) is 0 Å². The molecule has 0 fully saturated rings. The number of carbonyl (C=O) groups is 1. The van der Waals surface area contributed by atoms with Crippen LogP contribution in [0.4, 0.5) is 10.1 Å². The van der Waals surface area contributed by atoms with Gasteiger partial charge in [0.2, 0.25) is 11.1 Å². The molecule has 0 atom stereocenters. The molecule has 1 amide bonds. The van der Waals surface area contributed by atoms with Crippen molar-refractivity contribution in [3.63, 3.8) is 0 Å². The number of nitrogens with one attached hydrogen (secondary N) is 1. The summed E-state index contributed by atoms with van der Waals surface area (Å²) in [4.78, 5) is 18.4. The van der Waals surface area contributed by atoms with Gasteiger partial charge < -0.3 is 4.90 Å². The van der Waals surface area contributed by atoms with Gasteiger partial charge in [-0.3, -0.25) is 9.89 Å². The summed E-state index contributed by atoms with van der Waals surface area (Å²) in [6, 6.07) is 17.5. The van der Waals surface area contributed by atoms with E-state index < -0.39 is 5.82 Å². The summed E-state index contributed by atoms with van der Waals surface area (Å²) in [5.41, 5.74) is 1.06. The first-order chi connectivity index (χ1) is 13.2. The van der Waals surface area contributed by atoms with E-state index in [1.54, 1.807) is 23.1 Å². The van der Waals surface area contributed by atoms with Crippen molar-refractivity contribution in [1.82, 2.24) is 15.2 Å². The highest BCUT2D eigenvalue weighted by molar-refractivity contribution is 7.99. The molecule has 8 heteroatoms. The molecule has 3 rings (SSSR count). The Balaban J connectivity index is 1.67. The summed E-state index contributed by atoms with van der Waals surface area (Å²) >= 11 is 1.16. The lowest BCUT2D eigenvalue weighted by Gasteiger charge is -2.21. The van der Waals surface area contributed by atoms with Gasteiger partial charge in [0.15, 0.2) is 5.82 Å². The number of amides is 1. The number of aromatic amines is 1. The van der Waals surface area contributed by atoms with Crippen molar-refractivity contribution in [3.05, 3.63) is 60.4 Å². The molecule has 0 radical (unpaired) electrons. The van der Waals surface area contributed by atoms with E-state index in [9.17, 15) is 9.18 Å². The standard InChI is InChI=1S/C19H16FN5OS/c20-16-10-5-4-9-15(16)18-22-19(24-23-18)27-13-17(26)25(12-6-11-21)14-7-2-1-3-8-14/h1-5,7-10H,6,12-13H2,(H,22,23,24). The molecule has 0 aliphatic rings. The lowest BCUT2D eigenvalue weighted by Crippen LogP contribution is -2.33. The fourth-order valence-corrected chi connectivity index (χ4v) is 3.13. The van der Waals surface area contributed by atoms with E-state index >= 15 is 0 Å². The monoisotopic (exact) mass is 381 g/mol. The number of halogens is 1. The number of benzene rings is 2. The highest BCUT2D eigenvalue weighted by Crippen LogP contribution is 2.22. The van der Waals surface area contributed by atoms with Crippen LogP contribution in [-0.2, 0) is 4.79 Å². The van der Waals surface area contributed by atoms with Crippen molar-refractivity contribution < 1.29 is 9.18 Å². The van der Waals surface area contributed by atoms with Crippen LogP contribution in [0.25, 0.3) is 11.4 Å². The van der Waals surface area contributed by atoms with E-state index in [-0.39, 0.29) is 18.1 Å². The molecule has 1 heterocycles. The molecular weight excluding hydrogens is 365 g/mol. The molecule has 0 saturated carbocycles. The number of H-pyrrole nitrogens is 1. The van der Waals surface area contributed by atoms with E-state index in [0.29, 0.717) is 23.1 Å². The van der Waals surface area contributed by atoms with E-state index in [1.165, 1.54) is 6.07 Å². The van der Waals surface area contributed by atoms with Gasteiger partial charge in [-0.2, -0.15) is 5.26 Å². The molecule has 1 aromatic heterocycles. The molecule has 0 aliphatic carbocycles. The third kappa shape index (κ3) is 4.71. The van der Waals surface area contributed by atoms with Gasteiger partial charge in [-0.1, -0.05) is 42.1 Å².